The van der Waals surface area contributed by atoms with Crippen molar-refractivity contribution in [2.24, 2.45) is 16.1 Å². The van der Waals surface area contributed by atoms with Gasteiger partial charge in [0, 0.05) is 28.6 Å². The zero-order valence-corrected chi connectivity index (χ0v) is 18.8. The standard InChI is InChI=1S/C26H27N3O3/c1-16-5-6-18(13-28-16)17-7-9-22-20(11-17)26(15-31-24(27)29-26)21-12-19(8-10-23(21)32-22)30-14-25(2,3)4/h5-13H,14-15H2,1-4H3,(H2,27,29)/t26-/m1/s1. The molecule has 1 spiro atoms. The van der Waals surface area contributed by atoms with E-state index in [-0.39, 0.29) is 11.4 Å². The monoisotopic (exact) mass is 429 g/mol. The number of nitrogens with two attached hydrogens (primary N) is 1. The van der Waals surface area contributed by atoms with Crippen LogP contribution in [0.5, 0.6) is 17.2 Å². The minimum absolute atomic E-state index is 0.0483. The molecule has 0 radical (unpaired) electrons. The fraction of sp³-hybridized carbons (Fsp3) is 0.308. The van der Waals surface area contributed by atoms with E-state index in [1.807, 2.05) is 49.5 Å². The van der Waals surface area contributed by atoms with Gasteiger partial charge >= 0.3 is 0 Å². The van der Waals surface area contributed by atoms with Gasteiger partial charge in [-0.15, -0.1) is 0 Å². The molecule has 164 valence electrons. The van der Waals surface area contributed by atoms with Gasteiger partial charge in [0.15, 0.2) is 5.54 Å². The Bertz CT molecular complexity index is 1210. The average molecular weight is 430 g/mol. The Morgan fingerprint density at radius 3 is 2.38 bits per heavy atom. The molecule has 0 amide bonds. The van der Waals surface area contributed by atoms with Crippen molar-refractivity contribution in [3.8, 4) is 28.4 Å². The third-order valence-electron chi connectivity index (χ3n) is 5.69. The molecule has 2 aliphatic rings. The quantitative estimate of drug-likeness (QED) is 0.621. The van der Waals surface area contributed by atoms with Crippen LogP contribution in [0, 0.1) is 12.3 Å². The van der Waals surface area contributed by atoms with Crippen LogP contribution in [0.25, 0.3) is 11.1 Å². The summed E-state index contributed by atoms with van der Waals surface area (Å²) in [5.41, 5.74) is 10.1. The predicted octanol–water partition coefficient (Wildman–Crippen LogP) is 5.18. The highest BCUT2D eigenvalue weighted by molar-refractivity contribution is 5.78. The molecule has 0 bridgehead atoms. The van der Waals surface area contributed by atoms with Crippen LogP contribution in [0.3, 0.4) is 0 Å². The number of hydrogen-bond donors (Lipinski definition) is 1. The van der Waals surface area contributed by atoms with Crippen molar-refractivity contribution < 1.29 is 14.2 Å². The Hall–Kier alpha value is -3.54. The van der Waals surface area contributed by atoms with Crippen LogP contribution in [-0.2, 0) is 10.3 Å². The number of fused-ring (bicyclic) bond motifs is 4. The van der Waals surface area contributed by atoms with Gasteiger partial charge in [0.05, 0.1) is 6.61 Å². The van der Waals surface area contributed by atoms with Crippen LogP contribution in [0.2, 0.25) is 0 Å². The van der Waals surface area contributed by atoms with Crippen molar-refractivity contribution in [3.63, 3.8) is 0 Å². The number of hydrogen-bond acceptors (Lipinski definition) is 6. The number of aryl methyl sites for hydroxylation is 1. The van der Waals surface area contributed by atoms with E-state index in [0.717, 1.165) is 45.2 Å². The molecular weight excluding hydrogens is 402 g/mol. The fourth-order valence-electron chi connectivity index (χ4n) is 4.04. The number of rotatable bonds is 3. The maximum absolute atomic E-state index is 6.27. The Labute approximate surface area is 188 Å². The molecule has 3 aromatic rings. The molecule has 6 heteroatoms. The Balaban J connectivity index is 1.62. The van der Waals surface area contributed by atoms with Crippen LogP contribution in [0.1, 0.15) is 37.6 Å². The second-order valence-electron chi connectivity index (χ2n) is 9.61. The summed E-state index contributed by atoms with van der Waals surface area (Å²) >= 11 is 0. The van der Waals surface area contributed by atoms with Gasteiger partial charge < -0.3 is 19.9 Å². The summed E-state index contributed by atoms with van der Waals surface area (Å²) in [6.45, 7) is 9.31. The number of ether oxygens (including phenoxy) is 3. The number of aromatic nitrogens is 1. The van der Waals surface area contributed by atoms with Crippen molar-refractivity contribution >= 4 is 6.02 Å². The average Bonchev–Trinajstić information content (AvgIpc) is 3.15. The normalized spacial score (nSPS) is 18.9. The predicted molar refractivity (Wildman–Crippen MR) is 124 cm³/mol. The largest absolute Gasteiger partial charge is 0.493 e. The van der Waals surface area contributed by atoms with E-state index in [4.69, 9.17) is 24.9 Å². The van der Waals surface area contributed by atoms with Crippen LogP contribution in [0.15, 0.2) is 59.7 Å². The zero-order chi connectivity index (χ0) is 22.5. The van der Waals surface area contributed by atoms with E-state index in [1.165, 1.54) is 0 Å². The van der Waals surface area contributed by atoms with Crippen molar-refractivity contribution in [2.45, 2.75) is 33.2 Å². The number of amidine groups is 1. The van der Waals surface area contributed by atoms with Crippen molar-refractivity contribution in [1.29, 1.82) is 0 Å². The SMILES string of the molecule is Cc1ccc(-c2ccc3c(c2)[C@]2(COC(N)=N2)c2cc(OCC(C)(C)C)ccc2O3)cn1. The van der Waals surface area contributed by atoms with E-state index in [2.05, 4.69) is 37.9 Å². The second-order valence-corrected chi connectivity index (χ2v) is 9.61. The van der Waals surface area contributed by atoms with Crippen LogP contribution < -0.4 is 15.2 Å². The lowest BCUT2D eigenvalue weighted by atomic mass is 9.80. The Morgan fingerprint density at radius 2 is 1.72 bits per heavy atom. The van der Waals surface area contributed by atoms with Crippen molar-refractivity contribution in [3.05, 3.63) is 71.5 Å². The number of pyridine rings is 1. The highest BCUT2D eigenvalue weighted by Crippen LogP contribution is 2.52. The minimum atomic E-state index is -0.789. The zero-order valence-electron chi connectivity index (χ0n) is 18.8. The molecule has 0 saturated carbocycles. The summed E-state index contributed by atoms with van der Waals surface area (Å²) in [5, 5.41) is 0. The first kappa shape index (κ1) is 20.4. The fourth-order valence-corrected chi connectivity index (χ4v) is 4.04. The number of aliphatic imine (C=N–C) groups is 1. The molecule has 0 unspecified atom stereocenters. The third kappa shape index (κ3) is 3.55. The lowest BCUT2D eigenvalue weighted by molar-refractivity contribution is 0.197. The van der Waals surface area contributed by atoms with Gasteiger partial charge in [-0.3, -0.25) is 4.98 Å². The first-order chi connectivity index (χ1) is 15.2. The molecule has 2 aromatic carbocycles. The topological polar surface area (TPSA) is 79.0 Å². The summed E-state index contributed by atoms with van der Waals surface area (Å²) in [5.74, 6) is 2.24. The second kappa shape index (κ2) is 7.26. The van der Waals surface area contributed by atoms with E-state index in [9.17, 15) is 0 Å². The van der Waals surface area contributed by atoms with E-state index in [1.54, 1.807) is 0 Å². The maximum Gasteiger partial charge on any atom is 0.283 e. The summed E-state index contributed by atoms with van der Waals surface area (Å²) in [4.78, 5) is 9.22. The van der Waals surface area contributed by atoms with Crippen molar-refractivity contribution in [1.82, 2.24) is 4.98 Å². The molecule has 2 aliphatic heterocycles. The van der Waals surface area contributed by atoms with Gasteiger partial charge in [-0.05, 0) is 54.3 Å². The van der Waals surface area contributed by atoms with Gasteiger partial charge in [-0.1, -0.05) is 32.9 Å². The van der Waals surface area contributed by atoms with Crippen LogP contribution in [-0.4, -0.2) is 24.2 Å². The van der Waals surface area contributed by atoms with Gasteiger partial charge in [0.2, 0.25) is 0 Å². The Kier molecular flexibility index (Phi) is 4.62. The molecule has 5 rings (SSSR count). The number of nitrogens with zero attached hydrogens (tertiary/aromatic N) is 2. The molecule has 0 fully saturated rings. The van der Waals surface area contributed by atoms with Crippen LogP contribution in [0.4, 0.5) is 0 Å². The van der Waals surface area contributed by atoms with Crippen LogP contribution >= 0.6 is 0 Å². The van der Waals surface area contributed by atoms with Gasteiger partial charge in [0.1, 0.15) is 23.9 Å². The highest BCUT2D eigenvalue weighted by Gasteiger charge is 2.47. The van der Waals surface area contributed by atoms with Gasteiger partial charge in [-0.25, -0.2) is 4.99 Å². The van der Waals surface area contributed by atoms with E-state index in [0.29, 0.717) is 13.2 Å². The lowest BCUT2D eigenvalue weighted by Gasteiger charge is -2.34. The molecule has 0 aliphatic carbocycles. The summed E-state index contributed by atoms with van der Waals surface area (Å²) < 4.78 is 18.0. The summed E-state index contributed by atoms with van der Waals surface area (Å²) in [7, 11) is 0. The molecule has 2 N–H and O–H groups in total. The smallest absolute Gasteiger partial charge is 0.283 e. The molecule has 0 saturated heterocycles. The maximum atomic E-state index is 6.27. The first-order valence-corrected chi connectivity index (χ1v) is 10.7. The number of benzene rings is 2. The first-order valence-electron chi connectivity index (χ1n) is 10.7. The molecule has 1 aromatic heterocycles. The van der Waals surface area contributed by atoms with Crippen molar-refractivity contribution in [2.75, 3.05) is 13.2 Å². The van der Waals surface area contributed by atoms with Gasteiger partial charge in [-0.2, -0.15) is 0 Å². The lowest BCUT2D eigenvalue weighted by Crippen LogP contribution is -2.31. The minimum Gasteiger partial charge on any atom is -0.493 e. The van der Waals surface area contributed by atoms with E-state index >= 15 is 0 Å². The molecular formula is C26H27N3O3. The molecule has 6 nitrogen and oxygen atoms in total. The molecule has 32 heavy (non-hydrogen) atoms. The van der Waals surface area contributed by atoms with E-state index < -0.39 is 5.54 Å². The molecule has 3 heterocycles. The Morgan fingerprint density at radius 1 is 1.00 bits per heavy atom. The highest BCUT2D eigenvalue weighted by atomic mass is 16.5. The van der Waals surface area contributed by atoms with Gasteiger partial charge in [0.25, 0.3) is 6.02 Å². The third-order valence-corrected chi connectivity index (χ3v) is 5.69. The summed E-state index contributed by atoms with van der Waals surface area (Å²) in [6.07, 6.45) is 1.88. The summed E-state index contributed by atoms with van der Waals surface area (Å²) in [6, 6.07) is 16.2. The molecule has 1 atom stereocenters.